The second kappa shape index (κ2) is 7.21. The van der Waals surface area contributed by atoms with Crippen LogP contribution in [0, 0.1) is 0 Å². The normalized spacial score (nSPS) is 12.2. The first-order valence-electron chi connectivity index (χ1n) is 8.08. The van der Waals surface area contributed by atoms with E-state index in [0.717, 1.165) is 35.1 Å². The highest BCUT2D eigenvalue weighted by molar-refractivity contribution is 5.85. The standard InChI is InChI=1S/C20H21NO3/c1-24-16-9-10-19-17(12-16)18(13-21-19)15(11-20(22)23)8-7-14-5-3-2-4-6-14/h2-6,9-10,12-13,15,21H,7-8,11H2,1H3,(H,22,23)/t15-/m1/s1. The number of nitrogens with one attached hydrogen (secondary N) is 1. The molecule has 3 aromatic rings. The Hall–Kier alpha value is -2.75. The number of carboxylic acids is 1. The van der Waals surface area contributed by atoms with Crippen molar-refractivity contribution in [3.63, 3.8) is 0 Å². The fourth-order valence-electron chi connectivity index (χ4n) is 3.15. The van der Waals surface area contributed by atoms with Crippen molar-refractivity contribution in [1.82, 2.24) is 4.98 Å². The largest absolute Gasteiger partial charge is 0.497 e. The van der Waals surface area contributed by atoms with Crippen LogP contribution in [-0.2, 0) is 11.2 Å². The maximum absolute atomic E-state index is 11.3. The fraction of sp³-hybridized carbons (Fsp3) is 0.250. The van der Waals surface area contributed by atoms with Gasteiger partial charge >= 0.3 is 5.97 Å². The van der Waals surface area contributed by atoms with Crippen molar-refractivity contribution < 1.29 is 14.6 Å². The first kappa shape index (κ1) is 16.1. The molecule has 124 valence electrons. The molecule has 4 heteroatoms. The van der Waals surface area contributed by atoms with E-state index < -0.39 is 5.97 Å². The van der Waals surface area contributed by atoms with Gasteiger partial charge in [-0.15, -0.1) is 0 Å². The van der Waals surface area contributed by atoms with Crippen LogP contribution in [0.4, 0.5) is 0 Å². The van der Waals surface area contributed by atoms with Crippen LogP contribution in [-0.4, -0.2) is 23.2 Å². The summed E-state index contributed by atoms with van der Waals surface area (Å²) in [6.45, 7) is 0. The van der Waals surface area contributed by atoms with Gasteiger partial charge in [0, 0.05) is 17.1 Å². The summed E-state index contributed by atoms with van der Waals surface area (Å²) in [4.78, 5) is 14.6. The third-order valence-corrected chi connectivity index (χ3v) is 4.41. The molecule has 3 rings (SSSR count). The zero-order valence-corrected chi connectivity index (χ0v) is 13.7. The van der Waals surface area contributed by atoms with Crippen molar-refractivity contribution in [1.29, 1.82) is 0 Å². The SMILES string of the molecule is COc1ccc2[nH]cc([C@H](CCc3ccccc3)CC(=O)O)c2c1. The second-order valence-corrected chi connectivity index (χ2v) is 5.97. The molecular formula is C20H21NO3. The lowest BCUT2D eigenvalue weighted by Crippen LogP contribution is -2.07. The zero-order chi connectivity index (χ0) is 16.9. The molecule has 0 amide bonds. The molecule has 0 unspecified atom stereocenters. The summed E-state index contributed by atoms with van der Waals surface area (Å²) in [5.74, 6) is -0.0330. The van der Waals surface area contributed by atoms with E-state index in [-0.39, 0.29) is 12.3 Å². The monoisotopic (exact) mass is 323 g/mol. The number of hydrogen-bond acceptors (Lipinski definition) is 2. The molecule has 0 saturated heterocycles. The van der Waals surface area contributed by atoms with E-state index in [1.807, 2.05) is 42.6 Å². The van der Waals surface area contributed by atoms with Gasteiger partial charge < -0.3 is 14.8 Å². The minimum Gasteiger partial charge on any atom is -0.497 e. The molecule has 2 N–H and O–H groups in total. The number of aromatic amines is 1. The molecule has 0 aliphatic heterocycles. The first-order valence-corrected chi connectivity index (χ1v) is 8.08. The number of hydrogen-bond donors (Lipinski definition) is 2. The summed E-state index contributed by atoms with van der Waals surface area (Å²) in [7, 11) is 1.64. The van der Waals surface area contributed by atoms with Crippen LogP contribution in [0.5, 0.6) is 5.75 Å². The second-order valence-electron chi connectivity index (χ2n) is 5.97. The number of methoxy groups -OCH3 is 1. The Morgan fingerprint density at radius 2 is 2.00 bits per heavy atom. The molecule has 0 spiro atoms. The van der Waals surface area contributed by atoms with Crippen LogP contribution < -0.4 is 4.74 Å². The summed E-state index contributed by atoms with van der Waals surface area (Å²) >= 11 is 0. The van der Waals surface area contributed by atoms with Crippen LogP contribution in [0.3, 0.4) is 0 Å². The highest BCUT2D eigenvalue weighted by Crippen LogP contribution is 2.33. The molecule has 24 heavy (non-hydrogen) atoms. The van der Waals surface area contributed by atoms with Crippen molar-refractivity contribution in [2.45, 2.75) is 25.2 Å². The van der Waals surface area contributed by atoms with Crippen molar-refractivity contribution in [2.75, 3.05) is 7.11 Å². The Balaban J connectivity index is 1.89. The van der Waals surface area contributed by atoms with Crippen LogP contribution in [0.1, 0.15) is 29.9 Å². The highest BCUT2D eigenvalue weighted by Gasteiger charge is 2.19. The molecule has 0 aliphatic carbocycles. The molecule has 0 bridgehead atoms. The topological polar surface area (TPSA) is 62.3 Å². The highest BCUT2D eigenvalue weighted by atomic mass is 16.5. The van der Waals surface area contributed by atoms with E-state index in [1.165, 1.54) is 5.56 Å². The molecule has 4 nitrogen and oxygen atoms in total. The molecule has 2 aromatic carbocycles. The van der Waals surface area contributed by atoms with Crippen molar-refractivity contribution in [3.8, 4) is 5.75 Å². The van der Waals surface area contributed by atoms with Crippen molar-refractivity contribution >= 4 is 16.9 Å². The summed E-state index contributed by atoms with van der Waals surface area (Å²) in [5.41, 5.74) is 3.27. The lowest BCUT2D eigenvalue weighted by atomic mass is 9.89. The van der Waals surface area contributed by atoms with Gasteiger partial charge in [-0.1, -0.05) is 30.3 Å². The molecule has 1 aromatic heterocycles. The maximum Gasteiger partial charge on any atom is 0.303 e. The van der Waals surface area contributed by atoms with E-state index in [2.05, 4.69) is 17.1 Å². The quantitative estimate of drug-likeness (QED) is 0.679. The smallest absolute Gasteiger partial charge is 0.303 e. The van der Waals surface area contributed by atoms with Gasteiger partial charge in [-0.25, -0.2) is 0 Å². The number of ether oxygens (including phenoxy) is 1. The van der Waals surface area contributed by atoms with Gasteiger partial charge in [-0.2, -0.15) is 0 Å². The Kier molecular flexibility index (Phi) is 4.85. The Labute approximate surface area is 141 Å². The van der Waals surface area contributed by atoms with E-state index in [0.29, 0.717) is 0 Å². The number of aryl methyl sites for hydroxylation is 1. The number of rotatable bonds is 7. The van der Waals surface area contributed by atoms with Gasteiger partial charge in [0.05, 0.1) is 13.5 Å². The predicted octanol–water partition coefficient (Wildman–Crippen LogP) is 4.37. The summed E-state index contributed by atoms with van der Waals surface area (Å²) < 4.78 is 5.31. The average molecular weight is 323 g/mol. The number of aliphatic carboxylic acids is 1. The van der Waals surface area contributed by atoms with Gasteiger partial charge in [0.2, 0.25) is 0 Å². The minimum atomic E-state index is -0.773. The Morgan fingerprint density at radius 3 is 2.71 bits per heavy atom. The summed E-state index contributed by atoms with van der Waals surface area (Å²) in [6.07, 6.45) is 3.70. The van der Waals surface area contributed by atoms with Crippen molar-refractivity contribution in [2.24, 2.45) is 0 Å². The number of carboxylic acid groups (broad SMARTS) is 1. The van der Waals surface area contributed by atoms with Gasteiger partial charge in [0.15, 0.2) is 0 Å². The number of fused-ring (bicyclic) bond motifs is 1. The molecule has 0 radical (unpaired) electrons. The average Bonchev–Trinajstić information content (AvgIpc) is 3.02. The number of benzene rings is 2. The van der Waals surface area contributed by atoms with Gasteiger partial charge in [-0.05, 0) is 48.1 Å². The van der Waals surface area contributed by atoms with Gasteiger partial charge in [0.25, 0.3) is 0 Å². The fourth-order valence-corrected chi connectivity index (χ4v) is 3.15. The zero-order valence-electron chi connectivity index (χ0n) is 13.7. The predicted molar refractivity (Wildman–Crippen MR) is 94.6 cm³/mol. The molecule has 0 saturated carbocycles. The van der Waals surface area contributed by atoms with E-state index in [9.17, 15) is 9.90 Å². The minimum absolute atomic E-state index is 0.0384. The van der Waals surface area contributed by atoms with Crippen LogP contribution in [0.2, 0.25) is 0 Å². The number of carbonyl (C=O) groups is 1. The molecule has 0 fully saturated rings. The molecule has 1 heterocycles. The van der Waals surface area contributed by atoms with Crippen LogP contribution in [0.15, 0.2) is 54.7 Å². The molecule has 1 atom stereocenters. The maximum atomic E-state index is 11.3. The summed E-state index contributed by atoms with van der Waals surface area (Å²) in [6, 6.07) is 16.0. The Bertz CT molecular complexity index is 823. The van der Waals surface area contributed by atoms with E-state index in [1.54, 1.807) is 7.11 Å². The van der Waals surface area contributed by atoms with Gasteiger partial charge in [0.1, 0.15) is 5.75 Å². The van der Waals surface area contributed by atoms with Crippen LogP contribution >= 0.6 is 0 Å². The number of H-pyrrole nitrogens is 1. The molecular weight excluding hydrogens is 302 g/mol. The Morgan fingerprint density at radius 1 is 1.21 bits per heavy atom. The third kappa shape index (κ3) is 3.59. The number of aromatic nitrogens is 1. The van der Waals surface area contributed by atoms with Crippen LogP contribution in [0.25, 0.3) is 10.9 Å². The molecule has 0 aliphatic rings. The van der Waals surface area contributed by atoms with Crippen molar-refractivity contribution in [3.05, 3.63) is 65.9 Å². The van der Waals surface area contributed by atoms with E-state index >= 15 is 0 Å². The first-order chi connectivity index (χ1) is 11.7. The summed E-state index contributed by atoms with van der Waals surface area (Å²) in [5, 5.41) is 10.4. The van der Waals surface area contributed by atoms with E-state index in [4.69, 9.17) is 4.74 Å². The third-order valence-electron chi connectivity index (χ3n) is 4.41. The van der Waals surface area contributed by atoms with Gasteiger partial charge in [-0.3, -0.25) is 4.79 Å². The lowest BCUT2D eigenvalue weighted by Gasteiger charge is -2.15. The lowest BCUT2D eigenvalue weighted by molar-refractivity contribution is -0.137.